The van der Waals surface area contributed by atoms with Crippen LogP contribution >= 0.6 is 0 Å². The molecule has 0 aromatic carbocycles. The normalized spacial score (nSPS) is 31.0. The van der Waals surface area contributed by atoms with Gasteiger partial charge in [-0.25, -0.2) is 0 Å². The molecule has 1 N–H and O–H groups in total. The number of hydrogen-bond acceptors (Lipinski definition) is 2. The average molecular weight is 129 g/mol. The first-order chi connectivity index (χ1) is 4.39. The molecular weight excluding hydrogens is 114 g/mol. The zero-order valence-electron chi connectivity index (χ0n) is 6.02. The molecule has 1 rings (SSSR count). The highest BCUT2D eigenvalue weighted by Crippen LogP contribution is 1.97. The summed E-state index contributed by atoms with van der Waals surface area (Å²) < 4.78 is 5.35. The van der Waals surface area contributed by atoms with Gasteiger partial charge in [-0.15, -0.1) is 0 Å². The molecule has 54 valence electrons. The summed E-state index contributed by atoms with van der Waals surface area (Å²) in [6.45, 7) is 6.28. The lowest BCUT2D eigenvalue weighted by Gasteiger charge is -2.16. The Bertz CT molecular complexity index is 67.3. The van der Waals surface area contributed by atoms with Crippen LogP contribution in [0, 0.1) is 5.92 Å². The van der Waals surface area contributed by atoms with E-state index in [0.29, 0.717) is 5.92 Å². The summed E-state index contributed by atoms with van der Waals surface area (Å²) in [6, 6.07) is 0. The zero-order chi connectivity index (χ0) is 6.53. The Labute approximate surface area is 56.6 Å². The molecule has 2 heteroatoms. The Morgan fingerprint density at radius 1 is 1.56 bits per heavy atom. The Kier molecular flexibility index (Phi) is 3.01. The van der Waals surface area contributed by atoms with Gasteiger partial charge >= 0.3 is 0 Å². The van der Waals surface area contributed by atoms with Crippen molar-refractivity contribution in [2.75, 3.05) is 26.3 Å². The number of hydrogen-bond donors (Lipinski definition) is 1. The van der Waals surface area contributed by atoms with E-state index < -0.39 is 0 Å². The van der Waals surface area contributed by atoms with Crippen LogP contribution in [0.15, 0.2) is 0 Å². The van der Waals surface area contributed by atoms with Gasteiger partial charge in [0.05, 0.1) is 6.61 Å². The molecule has 9 heavy (non-hydrogen) atoms. The molecule has 0 aromatic heterocycles. The third kappa shape index (κ3) is 2.82. The molecule has 1 unspecified atom stereocenters. The van der Waals surface area contributed by atoms with E-state index in [1.807, 2.05) is 0 Å². The largest absolute Gasteiger partial charge is 0.381 e. The van der Waals surface area contributed by atoms with Crippen molar-refractivity contribution in [3.63, 3.8) is 0 Å². The standard InChI is InChI=1S/C7H15NO/c1-7-5-8-3-2-4-9-6-7/h7-8H,2-6H2,1H3. The van der Waals surface area contributed by atoms with Crippen molar-refractivity contribution >= 4 is 0 Å². The van der Waals surface area contributed by atoms with Crippen LogP contribution in [0.4, 0.5) is 0 Å². The van der Waals surface area contributed by atoms with Gasteiger partial charge in [-0.3, -0.25) is 0 Å². The minimum Gasteiger partial charge on any atom is -0.381 e. The van der Waals surface area contributed by atoms with Crippen LogP contribution in [0.3, 0.4) is 0 Å². The van der Waals surface area contributed by atoms with Crippen LogP contribution in [0.5, 0.6) is 0 Å². The van der Waals surface area contributed by atoms with Crippen LogP contribution in [0.1, 0.15) is 13.3 Å². The second-order valence-corrected chi connectivity index (χ2v) is 2.74. The Hall–Kier alpha value is -0.0800. The predicted octanol–water partition coefficient (Wildman–Crippen LogP) is 0.632. The lowest BCUT2D eigenvalue weighted by Crippen LogP contribution is -2.28. The second-order valence-electron chi connectivity index (χ2n) is 2.74. The van der Waals surface area contributed by atoms with Crippen molar-refractivity contribution < 1.29 is 4.74 Å². The molecule has 1 fully saturated rings. The van der Waals surface area contributed by atoms with E-state index in [4.69, 9.17) is 4.74 Å². The van der Waals surface area contributed by atoms with E-state index in [0.717, 1.165) is 32.7 Å². The minimum atomic E-state index is 0.685. The number of rotatable bonds is 0. The van der Waals surface area contributed by atoms with Gasteiger partial charge in [-0.2, -0.15) is 0 Å². The first-order valence-corrected chi connectivity index (χ1v) is 3.68. The molecule has 1 atom stereocenters. The first kappa shape index (κ1) is 7.03. The number of nitrogens with one attached hydrogen (secondary N) is 1. The van der Waals surface area contributed by atoms with Gasteiger partial charge in [-0.1, -0.05) is 6.92 Å². The molecule has 0 amide bonds. The van der Waals surface area contributed by atoms with Gasteiger partial charge in [0.15, 0.2) is 0 Å². The van der Waals surface area contributed by atoms with Crippen molar-refractivity contribution in [3.8, 4) is 0 Å². The maximum Gasteiger partial charge on any atom is 0.0503 e. The third-order valence-electron chi connectivity index (χ3n) is 1.54. The van der Waals surface area contributed by atoms with Crippen LogP contribution < -0.4 is 5.32 Å². The molecule has 1 saturated heterocycles. The van der Waals surface area contributed by atoms with Gasteiger partial charge in [0.1, 0.15) is 0 Å². The van der Waals surface area contributed by atoms with Gasteiger partial charge in [0, 0.05) is 6.61 Å². The Balaban J connectivity index is 2.12. The second kappa shape index (κ2) is 3.85. The smallest absolute Gasteiger partial charge is 0.0503 e. The van der Waals surface area contributed by atoms with Crippen molar-refractivity contribution in [3.05, 3.63) is 0 Å². The molecule has 0 spiro atoms. The van der Waals surface area contributed by atoms with Crippen LogP contribution in [0.2, 0.25) is 0 Å². The van der Waals surface area contributed by atoms with E-state index in [2.05, 4.69) is 12.2 Å². The fourth-order valence-electron chi connectivity index (χ4n) is 0.991. The number of ether oxygens (including phenoxy) is 1. The first-order valence-electron chi connectivity index (χ1n) is 3.68. The van der Waals surface area contributed by atoms with E-state index in [1.54, 1.807) is 0 Å². The fraction of sp³-hybridized carbons (Fsp3) is 1.00. The summed E-state index contributed by atoms with van der Waals surface area (Å²) in [5.74, 6) is 0.685. The molecular formula is C7H15NO. The SMILES string of the molecule is CC1CNCCCOC1. The topological polar surface area (TPSA) is 21.3 Å². The lowest BCUT2D eigenvalue weighted by atomic mass is 10.2. The molecule has 0 aliphatic carbocycles. The highest BCUT2D eigenvalue weighted by atomic mass is 16.5. The third-order valence-corrected chi connectivity index (χ3v) is 1.54. The van der Waals surface area contributed by atoms with Gasteiger partial charge in [-0.05, 0) is 25.4 Å². The summed E-state index contributed by atoms with van der Waals surface area (Å²) in [7, 11) is 0. The van der Waals surface area contributed by atoms with Gasteiger partial charge in [0.2, 0.25) is 0 Å². The maximum atomic E-state index is 5.35. The monoisotopic (exact) mass is 129 g/mol. The molecule has 2 nitrogen and oxygen atoms in total. The average Bonchev–Trinajstić information content (AvgIpc) is 1.79. The summed E-state index contributed by atoms with van der Waals surface area (Å²) in [4.78, 5) is 0. The predicted molar refractivity (Wildman–Crippen MR) is 37.5 cm³/mol. The quantitative estimate of drug-likeness (QED) is 0.518. The van der Waals surface area contributed by atoms with E-state index in [1.165, 1.54) is 0 Å². The summed E-state index contributed by atoms with van der Waals surface area (Å²) in [5, 5.41) is 3.36. The van der Waals surface area contributed by atoms with E-state index in [-0.39, 0.29) is 0 Å². The maximum absolute atomic E-state index is 5.35. The van der Waals surface area contributed by atoms with Crippen LogP contribution in [-0.2, 0) is 4.74 Å². The summed E-state index contributed by atoms with van der Waals surface area (Å²) >= 11 is 0. The molecule has 0 saturated carbocycles. The highest BCUT2D eigenvalue weighted by molar-refractivity contribution is 4.58. The van der Waals surface area contributed by atoms with Crippen molar-refractivity contribution in [1.82, 2.24) is 5.32 Å². The molecule has 1 aliphatic rings. The molecule has 1 aliphatic heterocycles. The molecule has 0 bridgehead atoms. The summed E-state index contributed by atoms with van der Waals surface area (Å²) in [5.41, 5.74) is 0. The van der Waals surface area contributed by atoms with Crippen LogP contribution in [-0.4, -0.2) is 26.3 Å². The van der Waals surface area contributed by atoms with Gasteiger partial charge < -0.3 is 10.1 Å². The highest BCUT2D eigenvalue weighted by Gasteiger charge is 2.03. The lowest BCUT2D eigenvalue weighted by molar-refractivity contribution is 0.0920. The minimum absolute atomic E-state index is 0.685. The Morgan fingerprint density at radius 2 is 2.44 bits per heavy atom. The van der Waals surface area contributed by atoms with Crippen LogP contribution in [0.25, 0.3) is 0 Å². The van der Waals surface area contributed by atoms with E-state index >= 15 is 0 Å². The van der Waals surface area contributed by atoms with Gasteiger partial charge in [0.25, 0.3) is 0 Å². The van der Waals surface area contributed by atoms with Crippen molar-refractivity contribution in [1.29, 1.82) is 0 Å². The molecule has 1 heterocycles. The summed E-state index contributed by atoms with van der Waals surface area (Å²) in [6.07, 6.45) is 1.16. The zero-order valence-corrected chi connectivity index (χ0v) is 6.02. The van der Waals surface area contributed by atoms with Crippen molar-refractivity contribution in [2.24, 2.45) is 5.92 Å². The van der Waals surface area contributed by atoms with E-state index in [9.17, 15) is 0 Å². The Morgan fingerprint density at radius 3 is 3.33 bits per heavy atom. The fourth-order valence-corrected chi connectivity index (χ4v) is 0.991. The van der Waals surface area contributed by atoms with Crippen molar-refractivity contribution in [2.45, 2.75) is 13.3 Å². The molecule has 0 radical (unpaired) electrons. The molecule has 0 aromatic rings.